The molecule has 0 aliphatic rings. The van der Waals surface area contributed by atoms with Crippen LogP contribution < -0.4 is 16.2 Å². The van der Waals surface area contributed by atoms with Gasteiger partial charge < -0.3 is 16.2 Å². The van der Waals surface area contributed by atoms with E-state index >= 15 is 0 Å². The van der Waals surface area contributed by atoms with Crippen LogP contribution >= 0.6 is 0 Å². The number of nitrogens with two attached hydrogens (primary N) is 2. The molecule has 4 N–H and O–H groups in total. The van der Waals surface area contributed by atoms with Gasteiger partial charge in [-0.15, -0.1) is 0 Å². The van der Waals surface area contributed by atoms with Crippen LogP contribution in [-0.4, -0.2) is 7.11 Å². The van der Waals surface area contributed by atoms with Crippen molar-refractivity contribution >= 4 is 11.4 Å². The minimum atomic E-state index is 0.685. The molecule has 16 heavy (non-hydrogen) atoms. The molecule has 0 aliphatic heterocycles. The van der Waals surface area contributed by atoms with Crippen molar-refractivity contribution in [1.29, 1.82) is 0 Å². The quantitative estimate of drug-likeness (QED) is 0.755. The summed E-state index contributed by atoms with van der Waals surface area (Å²) < 4.78 is 5.10. The van der Waals surface area contributed by atoms with Gasteiger partial charge in [0.1, 0.15) is 5.75 Å². The van der Waals surface area contributed by atoms with Crippen LogP contribution in [0.3, 0.4) is 0 Å². The molecule has 0 fully saturated rings. The van der Waals surface area contributed by atoms with Crippen molar-refractivity contribution in [2.75, 3.05) is 18.6 Å². The number of anilines is 2. The number of benzene rings is 2. The Kier molecular flexibility index (Phi) is 2.68. The van der Waals surface area contributed by atoms with E-state index < -0.39 is 0 Å². The van der Waals surface area contributed by atoms with Crippen LogP contribution in [-0.2, 0) is 0 Å². The Balaban J connectivity index is 2.50. The average Bonchev–Trinajstić information content (AvgIpc) is 2.30. The number of hydrogen-bond acceptors (Lipinski definition) is 3. The van der Waals surface area contributed by atoms with Crippen LogP contribution in [0.4, 0.5) is 11.4 Å². The van der Waals surface area contributed by atoms with E-state index in [0.29, 0.717) is 11.4 Å². The van der Waals surface area contributed by atoms with Crippen LogP contribution in [0, 0.1) is 0 Å². The van der Waals surface area contributed by atoms with Gasteiger partial charge in [-0.3, -0.25) is 0 Å². The molecule has 0 saturated carbocycles. The van der Waals surface area contributed by atoms with Crippen molar-refractivity contribution in [2.45, 2.75) is 0 Å². The standard InChI is InChI=1S/C13H14N2O/c1-16-10-7-5-9(6-8-10)13-11(14)3-2-4-12(13)15/h2-8H,14-15H2,1H3. The number of rotatable bonds is 2. The fourth-order valence-corrected chi connectivity index (χ4v) is 1.68. The Labute approximate surface area is 94.6 Å². The second-order valence-electron chi connectivity index (χ2n) is 3.54. The molecule has 0 bridgehead atoms. The minimum absolute atomic E-state index is 0.685. The Morgan fingerprint density at radius 3 is 1.94 bits per heavy atom. The molecule has 0 spiro atoms. The second-order valence-corrected chi connectivity index (χ2v) is 3.54. The van der Waals surface area contributed by atoms with E-state index in [9.17, 15) is 0 Å². The molecule has 2 aromatic rings. The molecule has 0 radical (unpaired) electrons. The number of nitrogen functional groups attached to an aromatic ring is 2. The van der Waals surface area contributed by atoms with Crippen molar-refractivity contribution in [3.8, 4) is 16.9 Å². The maximum atomic E-state index is 5.91. The smallest absolute Gasteiger partial charge is 0.118 e. The Morgan fingerprint density at radius 2 is 1.44 bits per heavy atom. The molecule has 0 aromatic heterocycles. The summed E-state index contributed by atoms with van der Waals surface area (Å²) in [7, 11) is 1.64. The van der Waals surface area contributed by atoms with Crippen molar-refractivity contribution in [1.82, 2.24) is 0 Å². The summed E-state index contributed by atoms with van der Waals surface area (Å²) >= 11 is 0. The summed E-state index contributed by atoms with van der Waals surface area (Å²) in [6.07, 6.45) is 0. The van der Waals surface area contributed by atoms with Crippen LogP contribution in [0.5, 0.6) is 5.75 Å². The highest BCUT2D eigenvalue weighted by molar-refractivity contribution is 5.86. The molecule has 2 rings (SSSR count). The minimum Gasteiger partial charge on any atom is -0.497 e. The summed E-state index contributed by atoms with van der Waals surface area (Å²) in [5.41, 5.74) is 15.1. The topological polar surface area (TPSA) is 61.3 Å². The van der Waals surface area contributed by atoms with Gasteiger partial charge in [0.15, 0.2) is 0 Å². The summed E-state index contributed by atoms with van der Waals surface area (Å²) in [4.78, 5) is 0. The lowest BCUT2D eigenvalue weighted by atomic mass is 10.0. The Bertz CT molecular complexity index is 472. The first-order valence-electron chi connectivity index (χ1n) is 5.01. The highest BCUT2D eigenvalue weighted by Crippen LogP contribution is 2.32. The third-order valence-corrected chi connectivity index (χ3v) is 2.51. The van der Waals surface area contributed by atoms with Gasteiger partial charge in [0.2, 0.25) is 0 Å². The molecule has 0 atom stereocenters. The Morgan fingerprint density at radius 1 is 0.875 bits per heavy atom. The monoisotopic (exact) mass is 214 g/mol. The van der Waals surface area contributed by atoms with Crippen molar-refractivity contribution in [2.24, 2.45) is 0 Å². The zero-order valence-corrected chi connectivity index (χ0v) is 9.10. The zero-order chi connectivity index (χ0) is 11.5. The van der Waals surface area contributed by atoms with Gasteiger partial charge in [0, 0.05) is 16.9 Å². The average molecular weight is 214 g/mol. The van der Waals surface area contributed by atoms with Crippen LogP contribution in [0.15, 0.2) is 42.5 Å². The highest BCUT2D eigenvalue weighted by atomic mass is 16.5. The molecule has 2 aromatic carbocycles. The van der Waals surface area contributed by atoms with Crippen LogP contribution in [0.2, 0.25) is 0 Å². The molecular formula is C13H14N2O. The summed E-state index contributed by atoms with van der Waals surface area (Å²) in [5.74, 6) is 0.817. The summed E-state index contributed by atoms with van der Waals surface area (Å²) in [6.45, 7) is 0. The van der Waals surface area contributed by atoms with E-state index in [-0.39, 0.29) is 0 Å². The van der Waals surface area contributed by atoms with Gasteiger partial charge in [-0.05, 0) is 29.8 Å². The number of hydrogen-bond donors (Lipinski definition) is 2. The fraction of sp³-hybridized carbons (Fsp3) is 0.0769. The lowest BCUT2D eigenvalue weighted by Gasteiger charge is -2.09. The number of ether oxygens (including phenoxy) is 1. The molecule has 0 amide bonds. The predicted molar refractivity (Wildman–Crippen MR) is 67.3 cm³/mol. The molecule has 3 nitrogen and oxygen atoms in total. The summed E-state index contributed by atoms with van der Waals surface area (Å²) in [6, 6.07) is 13.2. The van der Waals surface area contributed by atoms with Gasteiger partial charge in [-0.2, -0.15) is 0 Å². The predicted octanol–water partition coefficient (Wildman–Crippen LogP) is 2.53. The zero-order valence-electron chi connectivity index (χ0n) is 9.10. The first-order valence-corrected chi connectivity index (χ1v) is 5.01. The third kappa shape index (κ3) is 1.80. The van der Waals surface area contributed by atoms with Crippen molar-refractivity contribution < 1.29 is 4.74 Å². The molecule has 82 valence electrons. The van der Waals surface area contributed by atoms with E-state index in [0.717, 1.165) is 16.9 Å². The molecule has 0 unspecified atom stereocenters. The van der Waals surface area contributed by atoms with Gasteiger partial charge in [-0.25, -0.2) is 0 Å². The molecule has 0 aliphatic carbocycles. The van der Waals surface area contributed by atoms with Gasteiger partial charge in [0.05, 0.1) is 7.11 Å². The SMILES string of the molecule is COc1ccc(-c2c(N)cccc2N)cc1. The van der Waals surface area contributed by atoms with E-state index in [2.05, 4.69) is 0 Å². The second kappa shape index (κ2) is 4.14. The summed E-state index contributed by atoms with van der Waals surface area (Å²) in [5, 5.41) is 0. The lowest BCUT2D eigenvalue weighted by molar-refractivity contribution is 0.415. The first-order chi connectivity index (χ1) is 7.72. The molecule has 3 heteroatoms. The van der Waals surface area contributed by atoms with Crippen molar-refractivity contribution in [3.05, 3.63) is 42.5 Å². The maximum Gasteiger partial charge on any atom is 0.118 e. The van der Waals surface area contributed by atoms with E-state index in [4.69, 9.17) is 16.2 Å². The Hall–Kier alpha value is -2.16. The largest absolute Gasteiger partial charge is 0.497 e. The van der Waals surface area contributed by atoms with E-state index in [1.54, 1.807) is 7.11 Å². The van der Waals surface area contributed by atoms with Gasteiger partial charge in [0.25, 0.3) is 0 Å². The lowest BCUT2D eigenvalue weighted by Crippen LogP contribution is -1.95. The third-order valence-electron chi connectivity index (χ3n) is 2.51. The normalized spacial score (nSPS) is 10.1. The van der Waals surface area contributed by atoms with Crippen LogP contribution in [0.25, 0.3) is 11.1 Å². The van der Waals surface area contributed by atoms with E-state index in [1.165, 1.54) is 0 Å². The molecule has 0 heterocycles. The molecule has 0 saturated heterocycles. The van der Waals surface area contributed by atoms with E-state index in [1.807, 2.05) is 42.5 Å². The molecular weight excluding hydrogens is 200 g/mol. The maximum absolute atomic E-state index is 5.91. The first kappa shape index (κ1) is 10.4. The van der Waals surface area contributed by atoms with Crippen molar-refractivity contribution in [3.63, 3.8) is 0 Å². The number of methoxy groups -OCH3 is 1. The van der Waals surface area contributed by atoms with Crippen LogP contribution in [0.1, 0.15) is 0 Å². The fourth-order valence-electron chi connectivity index (χ4n) is 1.68. The highest BCUT2D eigenvalue weighted by Gasteiger charge is 2.06. The van der Waals surface area contributed by atoms with Gasteiger partial charge in [-0.1, -0.05) is 18.2 Å². The van der Waals surface area contributed by atoms with Gasteiger partial charge >= 0.3 is 0 Å².